The van der Waals surface area contributed by atoms with E-state index in [0.29, 0.717) is 6.04 Å². The zero-order chi connectivity index (χ0) is 12.3. The summed E-state index contributed by atoms with van der Waals surface area (Å²) in [4.78, 5) is 14.8. The highest BCUT2D eigenvalue weighted by atomic mass is 79.9. The van der Waals surface area contributed by atoms with Gasteiger partial charge in [-0.3, -0.25) is 9.69 Å². The molecule has 1 aliphatic rings. The number of halogens is 1. The number of amides is 1. The first-order chi connectivity index (χ1) is 8.13. The highest BCUT2D eigenvalue weighted by molar-refractivity contribution is 9.10. The quantitative estimate of drug-likeness (QED) is 0.929. The maximum absolute atomic E-state index is 11.0. The van der Waals surface area contributed by atoms with Crippen molar-refractivity contribution in [3.05, 3.63) is 20.8 Å². The van der Waals surface area contributed by atoms with Gasteiger partial charge in [-0.15, -0.1) is 11.3 Å². The summed E-state index contributed by atoms with van der Waals surface area (Å²) in [5.41, 5.74) is 0. The van der Waals surface area contributed by atoms with E-state index in [2.05, 4.69) is 37.6 Å². The molecule has 1 aromatic rings. The van der Waals surface area contributed by atoms with Crippen molar-refractivity contribution in [2.75, 3.05) is 13.1 Å². The smallest absolute Gasteiger partial charge is 0.217 e. The molecule has 1 saturated heterocycles. The van der Waals surface area contributed by atoms with Crippen LogP contribution in [-0.2, 0) is 11.3 Å². The number of carbonyl (C=O) groups excluding carboxylic acids is 1. The predicted molar refractivity (Wildman–Crippen MR) is 74.1 cm³/mol. The van der Waals surface area contributed by atoms with Gasteiger partial charge in [-0.25, -0.2) is 0 Å². The Morgan fingerprint density at radius 1 is 1.71 bits per heavy atom. The Morgan fingerprint density at radius 2 is 2.53 bits per heavy atom. The fourth-order valence-corrected chi connectivity index (χ4v) is 3.75. The van der Waals surface area contributed by atoms with E-state index in [4.69, 9.17) is 0 Å². The molecule has 0 saturated carbocycles. The Balaban J connectivity index is 1.87. The van der Waals surface area contributed by atoms with Gasteiger partial charge >= 0.3 is 0 Å². The van der Waals surface area contributed by atoms with Gasteiger partial charge in [0.25, 0.3) is 0 Å². The lowest BCUT2D eigenvalue weighted by molar-refractivity contribution is -0.120. The average Bonchev–Trinajstić information content (AvgIpc) is 2.63. The number of nitrogens with zero attached hydrogens (tertiary/aromatic N) is 1. The van der Waals surface area contributed by atoms with Gasteiger partial charge in [0.15, 0.2) is 0 Å². The number of rotatable bonds is 3. The number of carbonyl (C=O) groups is 1. The number of hydrogen-bond acceptors (Lipinski definition) is 3. The summed E-state index contributed by atoms with van der Waals surface area (Å²) in [5.74, 6) is 0.0794. The minimum absolute atomic E-state index is 0.0794. The van der Waals surface area contributed by atoms with Gasteiger partial charge in [0.05, 0.1) is 0 Å². The van der Waals surface area contributed by atoms with Crippen molar-refractivity contribution in [3.63, 3.8) is 0 Å². The second kappa shape index (κ2) is 5.98. The fourth-order valence-electron chi connectivity index (χ4n) is 2.26. The van der Waals surface area contributed by atoms with Crippen LogP contribution >= 0.6 is 27.3 Å². The molecule has 1 amide bonds. The lowest BCUT2D eigenvalue weighted by atomic mass is 10.1. The van der Waals surface area contributed by atoms with E-state index in [0.717, 1.165) is 36.9 Å². The lowest BCUT2D eigenvalue weighted by Crippen LogP contribution is -2.46. The van der Waals surface area contributed by atoms with Crippen molar-refractivity contribution in [1.29, 1.82) is 0 Å². The molecule has 2 rings (SSSR count). The molecule has 1 N–H and O–H groups in total. The van der Waals surface area contributed by atoms with Crippen molar-refractivity contribution in [1.82, 2.24) is 10.2 Å². The van der Waals surface area contributed by atoms with Crippen LogP contribution in [0.2, 0.25) is 0 Å². The van der Waals surface area contributed by atoms with Crippen LogP contribution in [0.1, 0.15) is 24.6 Å². The third kappa shape index (κ3) is 4.08. The Bertz CT molecular complexity index is 394. The minimum atomic E-state index is 0.0794. The molecule has 0 radical (unpaired) electrons. The second-order valence-corrected chi connectivity index (χ2v) is 6.42. The molecular weight excluding hydrogens is 300 g/mol. The number of nitrogens with one attached hydrogen (secondary N) is 1. The summed E-state index contributed by atoms with van der Waals surface area (Å²) >= 11 is 5.26. The molecule has 1 fully saturated rings. The summed E-state index contributed by atoms with van der Waals surface area (Å²) in [5, 5.41) is 5.13. The van der Waals surface area contributed by atoms with E-state index in [-0.39, 0.29) is 5.91 Å². The largest absolute Gasteiger partial charge is 0.352 e. The molecule has 0 aliphatic carbocycles. The first-order valence-electron chi connectivity index (χ1n) is 5.86. The minimum Gasteiger partial charge on any atom is -0.352 e. The number of thiophene rings is 1. The Hall–Kier alpha value is -0.390. The molecule has 3 nitrogen and oxygen atoms in total. The molecule has 94 valence electrons. The summed E-state index contributed by atoms with van der Waals surface area (Å²) in [6, 6.07) is 2.50. The van der Waals surface area contributed by atoms with Gasteiger partial charge < -0.3 is 5.32 Å². The van der Waals surface area contributed by atoms with Crippen LogP contribution in [0.15, 0.2) is 15.9 Å². The number of hydrogen-bond donors (Lipinski definition) is 1. The van der Waals surface area contributed by atoms with Gasteiger partial charge in [0.1, 0.15) is 0 Å². The third-order valence-corrected chi connectivity index (χ3v) is 4.60. The van der Waals surface area contributed by atoms with E-state index in [9.17, 15) is 4.79 Å². The molecular formula is C12H17BrN2OS. The lowest BCUT2D eigenvalue weighted by Gasteiger charge is -2.32. The summed E-state index contributed by atoms with van der Waals surface area (Å²) < 4.78 is 1.16. The standard InChI is InChI=1S/C12H17BrN2OS/c1-9(16)14-11-3-2-4-15(6-11)7-12-5-10(13)8-17-12/h5,8,11H,2-4,6-7H2,1H3,(H,14,16). The van der Waals surface area contributed by atoms with Crippen LogP contribution in [0.3, 0.4) is 0 Å². The molecule has 17 heavy (non-hydrogen) atoms. The summed E-state index contributed by atoms with van der Waals surface area (Å²) in [6.07, 6.45) is 2.27. The highest BCUT2D eigenvalue weighted by Gasteiger charge is 2.20. The topological polar surface area (TPSA) is 32.3 Å². The Kier molecular flexibility index (Phi) is 4.59. The summed E-state index contributed by atoms with van der Waals surface area (Å²) in [7, 11) is 0. The van der Waals surface area contributed by atoms with Crippen LogP contribution < -0.4 is 5.32 Å². The van der Waals surface area contributed by atoms with Crippen LogP contribution in [0.4, 0.5) is 0 Å². The monoisotopic (exact) mass is 316 g/mol. The molecule has 2 heterocycles. The first kappa shape index (κ1) is 13.1. The molecule has 1 aliphatic heterocycles. The Labute approximate surface area is 114 Å². The van der Waals surface area contributed by atoms with Crippen LogP contribution in [-0.4, -0.2) is 29.9 Å². The van der Waals surface area contributed by atoms with E-state index in [1.165, 1.54) is 4.88 Å². The maximum atomic E-state index is 11.0. The van der Waals surface area contributed by atoms with E-state index >= 15 is 0 Å². The van der Waals surface area contributed by atoms with Gasteiger partial charge in [0, 0.05) is 40.8 Å². The molecule has 1 aromatic heterocycles. The summed E-state index contributed by atoms with van der Waals surface area (Å²) in [6.45, 7) is 4.68. The molecule has 0 aromatic carbocycles. The number of likely N-dealkylation sites (tertiary alicyclic amines) is 1. The zero-order valence-corrected chi connectivity index (χ0v) is 12.3. The van der Waals surface area contributed by atoms with Gasteiger partial charge in [-0.05, 0) is 41.4 Å². The zero-order valence-electron chi connectivity index (χ0n) is 9.91. The van der Waals surface area contributed by atoms with Gasteiger partial charge in [-0.1, -0.05) is 0 Å². The molecule has 1 unspecified atom stereocenters. The van der Waals surface area contributed by atoms with Crippen molar-refractivity contribution >= 4 is 33.2 Å². The first-order valence-corrected chi connectivity index (χ1v) is 7.53. The van der Waals surface area contributed by atoms with Crippen LogP contribution in [0.25, 0.3) is 0 Å². The second-order valence-electron chi connectivity index (χ2n) is 4.51. The highest BCUT2D eigenvalue weighted by Crippen LogP contribution is 2.22. The normalized spacial score (nSPS) is 21.4. The fraction of sp³-hybridized carbons (Fsp3) is 0.583. The van der Waals surface area contributed by atoms with Crippen molar-refractivity contribution < 1.29 is 4.79 Å². The van der Waals surface area contributed by atoms with Gasteiger partial charge in [-0.2, -0.15) is 0 Å². The predicted octanol–water partition coefficient (Wildman–Crippen LogP) is 2.61. The average molecular weight is 317 g/mol. The number of piperidine rings is 1. The molecule has 0 spiro atoms. The van der Waals surface area contributed by atoms with Crippen molar-refractivity contribution in [2.24, 2.45) is 0 Å². The SMILES string of the molecule is CC(=O)NC1CCCN(Cc2cc(Br)cs2)C1. The maximum Gasteiger partial charge on any atom is 0.217 e. The van der Waals surface area contributed by atoms with Crippen molar-refractivity contribution in [3.8, 4) is 0 Å². The molecule has 5 heteroatoms. The van der Waals surface area contributed by atoms with E-state index in [1.54, 1.807) is 18.3 Å². The third-order valence-electron chi connectivity index (χ3n) is 2.91. The van der Waals surface area contributed by atoms with Crippen LogP contribution in [0.5, 0.6) is 0 Å². The van der Waals surface area contributed by atoms with Crippen molar-refractivity contribution in [2.45, 2.75) is 32.4 Å². The molecule has 0 bridgehead atoms. The molecule has 1 atom stereocenters. The van der Waals surface area contributed by atoms with E-state index in [1.807, 2.05) is 0 Å². The van der Waals surface area contributed by atoms with Crippen LogP contribution in [0, 0.1) is 0 Å². The van der Waals surface area contributed by atoms with Gasteiger partial charge in [0.2, 0.25) is 5.91 Å². The Morgan fingerprint density at radius 3 is 3.18 bits per heavy atom. The van der Waals surface area contributed by atoms with E-state index < -0.39 is 0 Å².